The van der Waals surface area contributed by atoms with Crippen LogP contribution in [0.3, 0.4) is 0 Å². The van der Waals surface area contributed by atoms with E-state index >= 15 is 0 Å². The summed E-state index contributed by atoms with van der Waals surface area (Å²) in [5.74, 6) is 3.20. The zero-order valence-electron chi connectivity index (χ0n) is 9.52. The normalized spacial score (nSPS) is 9.56. The number of nitrogens with zero attached hydrogens (tertiary/aromatic N) is 1. The topological polar surface area (TPSA) is 32.7 Å². The molecule has 1 aromatic carbocycles. The van der Waals surface area contributed by atoms with Gasteiger partial charge in [-0.15, -0.1) is 6.42 Å². The molecular weight excluding hydrogens is 202 g/mol. The highest BCUT2D eigenvalue weighted by atomic mass is 16.5. The number of hydrogen-bond acceptors (Lipinski definition) is 3. The molecule has 16 heavy (non-hydrogen) atoms. The van der Waals surface area contributed by atoms with Gasteiger partial charge in [-0.3, -0.25) is 0 Å². The minimum atomic E-state index is 0.216. The van der Waals surface area contributed by atoms with Crippen LogP contribution in [0.5, 0.6) is 5.75 Å². The zero-order valence-corrected chi connectivity index (χ0v) is 9.52. The molecule has 0 bridgehead atoms. The second-order valence-corrected chi connectivity index (χ2v) is 3.49. The van der Waals surface area contributed by atoms with Crippen molar-refractivity contribution in [3.8, 4) is 18.1 Å². The fourth-order valence-corrected chi connectivity index (χ4v) is 1.36. The largest absolute Gasteiger partial charge is 0.481 e. The SMILES string of the molecule is C#CCOc1ccc(N(C)CCCO)cc1. The van der Waals surface area contributed by atoms with Crippen molar-refractivity contribution in [2.75, 3.05) is 31.7 Å². The summed E-state index contributed by atoms with van der Waals surface area (Å²) in [6.07, 6.45) is 5.87. The minimum Gasteiger partial charge on any atom is -0.481 e. The molecule has 3 nitrogen and oxygen atoms in total. The van der Waals surface area contributed by atoms with E-state index in [-0.39, 0.29) is 6.61 Å². The van der Waals surface area contributed by atoms with Crippen LogP contribution in [0.1, 0.15) is 6.42 Å². The standard InChI is InChI=1S/C13H17NO2/c1-3-11-16-13-7-5-12(6-8-13)14(2)9-4-10-15/h1,5-8,15H,4,9-11H2,2H3. The number of aliphatic hydroxyl groups is 1. The summed E-state index contributed by atoms with van der Waals surface area (Å²) in [6.45, 7) is 1.34. The fraction of sp³-hybridized carbons (Fsp3) is 0.385. The molecule has 0 heterocycles. The summed E-state index contributed by atoms with van der Waals surface area (Å²) in [6, 6.07) is 7.73. The van der Waals surface area contributed by atoms with Crippen LogP contribution in [0.25, 0.3) is 0 Å². The Morgan fingerprint density at radius 2 is 2.06 bits per heavy atom. The predicted molar refractivity (Wildman–Crippen MR) is 65.7 cm³/mol. The molecule has 0 atom stereocenters. The maximum absolute atomic E-state index is 8.74. The smallest absolute Gasteiger partial charge is 0.148 e. The van der Waals surface area contributed by atoms with Crippen LogP contribution in [0.2, 0.25) is 0 Å². The Morgan fingerprint density at radius 3 is 2.62 bits per heavy atom. The first-order chi connectivity index (χ1) is 7.77. The van der Waals surface area contributed by atoms with Gasteiger partial charge in [0.25, 0.3) is 0 Å². The highest BCUT2D eigenvalue weighted by molar-refractivity contribution is 5.48. The third-order valence-electron chi connectivity index (χ3n) is 2.25. The van der Waals surface area contributed by atoms with Crippen LogP contribution >= 0.6 is 0 Å². The Morgan fingerprint density at radius 1 is 1.38 bits per heavy atom. The van der Waals surface area contributed by atoms with Crippen LogP contribution in [0, 0.1) is 12.3 Å². The molecule has 0 spiro atoms. The highest BCUT2D eigenvalue weighted by Gasteiger charge is 2.00. The maximum Gasteiger partial charge on any atom is 0.148 e. The number of benzene rings is 1. The van der Waals surface area contributed by atoms with E-state index in [4.69, 9.17) is 16.3 Å². The molecule has 0 radical (unpaired) electrons. The Bertz CT molecular complexity index is 340. The van der Waals surface area contributed by atoms with E-state index < -0.39 is 0 Å². The molecule has 0 aliphatic rings. The number of hydrogen-bond donors (Lipinski definition) is 1. The van der Waals surface area contributed by atoms with Gasteiger partial charge in [-0.25, -0.2) is 0 Å². The van der Waals surface area contributed by atoms with Gasteiger partial charge in [0.1, 0.15) is 12.4 Å². The molecule has 0 fully saturated rings. The lowest BCUT2D eigenvalue weighted by Gasteiger charge is -2.18. The summed E-state index contributed by atoms with van der Waals surface area (Å²) < 4.78 is 5.28. The van der Waals surface area contributed by atoms with Crippen molar-refractivity contribution in [1.29, 1.82) is 0 Å². The van der Waals surface area contributed by atoms with Gasteiger partial charge in [-0.2, -0.15) is 0 Å². The first kappa shape index (κ1) is 12.4. The average Bonchev–Trinajstić information content (AvgIpc) is 2.34. The van der Waals surface area contributed by atoms with Gasteiger partial charge in [0.05, 0.1) is 0 Å². The fourth-order valence-electron chi connectivity index (χ4n) is 1.36. The molecule has 0 aromatic heterocycles. The molecule has 0 unspecified atom stereocenters. The van der Waals surface area contributed by atoms with E-state index in [1.54, 1.807) is 0 Å². The number of terminal acetylenes is 1. The molecule has 1 aromatic rings. The third-order valence-corrected chi connectivity index (χ3v) is 2.25. The summed E-state index contributed by atoms with van der Waals surface area (Å²) in [7, 11) is 1.99. The molecule has 0 saturated heterocycles. The Balaban J connectivity index is 2.53. The van der Waals surface area contributed by atoms with Crippen molar-refractivity contribution in [2.45, 2.75) is 6.42 Å². The van der Waals surface area contributed by atoms with Crippen LogP contribution in [0.4, 0.5) is 5.69 Å². The molecule has 0 saturated carbocycles. The number of aliphatic hydroxyl groups excluding tert-OH is 1. The minimum absolute atomic E-state index is 0.216. The zero-order chi connectivity index (χ0) is 11.8. The van der Waals surface area contributed by atoms with E-state index in [0.717, 1.165) is 24.4 Å². The summed E-state index contributed by atoms with van der Waals surface area (Å²) in [4.78, 5) is 2.08. The van der Waals surface area contributed by atoms with Crippen molar-refractivity contribution in [3.05, 3.63) is 24.3 Å². The van der Waals surface area contributed by atoms with Crippen molar-refractivity contribution in [3.63, 3.8) is 0 Å². The lowest BCUT2D eigenvalue weighted by Crippen LogP contribution is -2.19. The summed E-state index contributed by atoms with van der Waals surface area (Å²) in [5, 5.41) is 8.74. The molecule has 1 rings (SSSR count). The molecule has 0 aliphatic carbocycles. The lowest BCUT2D eigenvalue weighted by molar-refractivity contribution is 0.290. The molecule has 86 valence electrons. The van der Waals surface area contributed by atoms with Crippen molar-refractivity contribution in [1.82, 2.24) is 0 Å². The van der Waals surface area contributed by atoms with Crippen molar-refractivity contribution >= 4 is 5.69 Å². The van der Waals surface area contributed by atoms with E-state index in [9.17, 15) is 0 Å². The van der Waals surface area contributed by atoms with E-state index in [0.29, 0.717) is 6.61 Å². The van der Waals surface area contributed by atoms with Gasteiger partial charge in [0, 0.05) is 25.9 Å². The van der Waals surface area contributed by atoms with Gasteiger partial charge in [-0.1, -0.05) is 5.92 Å². The van der Waals surface area contributed by atoms with Crippen LogP contribution in [-0.4, -0.2) is 31.9 Å². The van der Waals surface area contributed by atoms with Gasteiger partial charge in [0.15, 0.2) is 0 Å². The molecule has 1 N–H and O–H groups in total. The van der Waals surface area contributed by atoms with Crippen LogP contribution in [-0.2, 0) is 0 Å². The van der Waals surface area contributed by atoms with Crippen LogP contribution < -0.4 is 9.64 Å². The summed E-state index contributed by atoms with van der Waals surface area (Å²) >= 11 is 0. The quantitative estimate of drug-likeness (QED) is 0.736. The average molecular weight is 219 g/mol. The number of rotatable bonds is 6. The van der Waals surface area contributed by atoms with Gasteiger partial charge in [0.2, 0.25) is 0 Å². The lowest BCUT2D eigenvalue weighted by atomic mass is 10.2. The van der Waals surface area contributed by atoms with Gasteiger partial charge in [-0.05, 0) is 30.7 Å². The summed E-state index contributed by atoms with van der Waals surface area (Å²) in [5.41, 5.74) is 1.10. The molecular formula is C13H17NO2. The number of ether oxygens (including phenoxy) is 1. The van der Waals surface area contributed by atoms with E-state index in [1.165, 1.54) is 0 Å². The molecule has 3 heteroatoms. The van der Waals surface area contributed by atoms with E-state index in [1.807, 2.05) is 31.3 Å². The Hall–Kier alpha value is -1.66. The van der Waals surface area contributed by atoms with E-state index in [2.05, 4.69) is 10.8 Å². The van der Waals surface area contributed by atoms with Gasteiger partial charge >= 0.3 is 0 Å². The number of anilines is 1. The second kappa shape index (κ2) is 6.76. The van der Waals surface area contributed by atoms with Crippen molar-refractivity contribution < 1.29 is 9.84 Å². The monoisotopic (exact) mass is 219 g/mol. The van der Waals surface area contributed by atoms with Crippen LogP contribution in [0.15, 0.2) is 24.3 Å². The third kappa shape index (κ3) is 3.84. The maximum atomic E-state index is 8.74. The molecule has 0 aliphatic heterocycles. The second-order valence-electron chi connectivity index (χ2n) is 3.49. The highest BCUT2D eigenvalue weighted by Crippen LogP contribution is 2.18. The molecule has 0 amide bonds. The predicted octanol–water partition coefficient (Wildman–Crippen LogP) is 1.52. The van der Waals surface area contributed by atoms with Gasteiger partial charge < -0.3 is 14.7 Å². The van der Waals surface area contributed by atoms with Crippen molar-refractivity contribution in [2.24, 2.45) is 0 Å². The Labute approximate surface area is 96.7 Å². The first-order valence-corrected chi connectivity index (χ1v) is 5.26. The Kier molecular flexibility index (Phi) is 5.24. The first-order valence-electron chi connectivity index (χ1n) is 5.26.